The van der Waals surface area contributed by atoms with Crippen LogP contribution in [-0.2, 0) is 49.3 Å². The van der Waals surface area contributed by atoms with Crippen LogP contribution in [0.5, 0.6) is 11.5 Å². The molecule has 2 aliphatic heterocycles. The molecule has 0 aliphatic carbocycles. The molecule has 0 unspecified atom stereocenters. The summed E-state index contributed by atoms with van der Waals surface area (Å²) in [5, 5.41) is 8.88. The van der Waals surface area contributed by atoms with Crippen LogP contribution < -0.4 is 9.47 Å². The largest absolute Gasteiger partial charge is 0.481 e. The summed E-state index contributed by atoms with van der Waals surface area (Å²) in [7, 11) is 0. The number of aromatic nitrogens is 1. The number of benzene rings is 5. The van der Waals surface area contributed by atoms with Gasteiger partial charge in [0.15, 0.2) is 0 Å². The third-order valence-corrected chi connectivity index (χ3v) is 12.8. The fraction of sp³-hybridized carbons (Fsp3) is 0.321. The summed E-state index contributed by atoms with van der Waals surface area (Å²) in [6.07, 6.45) is -1.22. The van der Waals surface area contributed by atoms with Crippen molar-refractivity contribution in [2.75, 3.05) is 26.2 Å². The van der Waals surface area contributed by atoms with Gasteiger partial charge in [-0.2, -0.15) is 26.3 Å². The zero-order valence-electron chi connectivity index (χ0n) is 39.2. The maximum Gasteiger partial charge on any atom is 0.416 e. The number of alkyl halides is 6. The first kappa shape index (κ1) is 51.7. The number of rotatable bonds is 12. The average Bonchev–Trinajstić information content (AvgIpc) is 3.34. The van der Waals surface area contributed by atoms with Gasteiger partial charge in [0.25, 0.3) is 0 Å². The summed E-state index contributed by atoms with van der Waals surface area (Å²) in [6.45, 7) is 4.54. The Bertz CT molecular complexity index is 2660. The Morgan fingerprint density at radius 2 is 0.887 bits per heavy atom. The van der Waals surface area contributed by atoms with E-state index < -0.39 is 35.5 Å². The Balaban J connectivity index is 0.000000209. The molecule has 2 aliphatic rings. The monoisotopic (exact) mass is 979 g/mol. The maximum atomic E-state index is 12.7. The smallest absolute Gasteiger partial charge is 0.416 e. The van der Waals surface area contributed by atoms with Crippen molar-refractivity contribution in [1.29, 1.82) is 0 Å². The number of pyridine rings is 1. The van der Waals surface area contributed by atoms with Crippen LogP contribution in [0.2, 0.25) is 0 Å². The molecule has 9 nitrogen and oxygen atoms in total. The van der Waals surface area contributed by atoms with E-state index in [4.69, 9.17) is 14.6 Å². The lowest BCUT2D eigenvalue weighted by atomic mass is 9.90. The molecule has 2 amide bonds. The molecule has 0 bridgehead atoms. The van der Waals surface area contributed by atoms with Gasteiger partial charge in [0.05, 0.1) is 17.5 Å². The van der Waals surface area contributed by atoms with E-state index in [1.54, 1.807) is 46.2 Å². The molecule has 0 spiro atoms. The fourth-order valence-corrected chi connectivity index (χ4v) is 8.63. The Labute approximate surface area is 409 Å². The van der Waals surface area contributed by atoms with Gasteiger partial charge in [-0.25, -0.2) is 9.59 Å². The number of piperidine rings is 2. The van der Waals surface area contributed by atoms with Gasteiger partial charge >= 0.3 is 30.5 Å². The van der Waals surface area contributed by atoms with E-state index in [2.05, 4.69) is 17.1 Å². The molecule has 0 saturated carbocycles. The van der Waals surface area contributed by atoms with Crippen molar-refractivity contribution in [3.8, 4) is 11.5 Å². The number of halogens is 6. The highest BCUT2D eigenvalue weighted by Crippen LogP contribution is 2.31. The summed E-state index contributed by atoms with van der Waals surface area (Å²) in [6, 6.07) is 36.1. The lowest BCUT2D eigenvalue weighted by Crippen LogP contribution is -2.40. The molecule has 372 valence electrons. The van der Waals surface area contributed by atoms with E-state index in [0.717, 1.165) is 107 Å². The summed E-state index contributed by atoms with van der Waals surface area (Å²) in [5.41, 5.74) is 6.20. The Kier molecular flexibility index (Phi) is 17.2. The van der Waals surface area contributed by atoms with Crippen molar-refractivity contribution < 1.29 is 55.3 Å². The van der Waals surface area contributed by atoms with Gasteiger partial charge < -0.3 is 24.4 Å². The fourth-order valence-electron chi connectivity index (χ4n) is 8.63. The van der Waals surface area contributed by atoms with Crippen LogP contribution in [0.3, 0.4) is 0 Å². The van der Waals surface area contributed by atoms with Gasteiger partial charge in [0.1, 0.15) is 11.5 Å². The van der Waals surface area contributed by atoms with E-state index in [0.29, 0.717) is 62.4 Å². The first-order chi connectivity index (χ1) is 33.9. The molecule has 1 N–H and O–H groups in total. The zero-order chi connectivity index (χ0) is 50.5. The lowest BCUT2D eigenvalue weighted by molar-refractivity contribution is -0.138. The van der Waals surface area contributed by atoms with Gasteiger partial charge in [0, 0.05) is 38.1 Å². The number of ether oxygens (including phenoxy) is 2. The normalized spacial score (nSPS) is 14.6. The molecular formula is C56H55F6N3O6. The minimum Gasteiger partial charge on any atom is -0.481 e. The van der Waals surface area contributed by atoms with E-state index >= 15 is 0 Å². The number of hydrogen-bond donors (Lipinski definition) is 1. The number of aliphatic carboxylic acids is 1. The summed E-state index contributed by atoms with van der Waals surface area (Å²) < 4.78 is 87.3. The molecule has 6 aromatic rings. The molecule has 71 heavy (non-hydrogen) atoms. The summed E-state index contributed by atoms with van der Waals surface area (Å²) in [5.74, 6) is 0.973. The maximum absolute atomic E-state index is 12.7. The second kappa shape index (κ2) is 23.6. The van der Waals surface area contributed by atoms with E-state index in [1.165, 1.54) is 24.3 Å². The quantitative estimate of drug-likeness (QED) is 0.122. The van der Waals surface area contributed by atoms with Gasteiger partial charge in [-0.15, -0.1) is 0 Å². The minimum atomic E-state index is -4.35. The highest BCUT2D eigenvalue weighted by Gasteiger charge is 2.31. The lowest BCUT2D eigenvalue weighted by Gasteiger charge is -2.31. The number of aryl methyl sites for hydroxylation is 1. The van der Waals surface area contributed by atoms with Gasteiger partial charge in [-0.3, -0.25) is 9.78 Å². The standard InChI is InChI=1S/C29H28F3NO4.C27H27F3N2O2/c30-29(31,32)25-9-5-21(6-10-25)17-22-7-11-26(12-8-22)37-28(36)33-15-13-24(14-16-33)18-20-1-3-23(4-2-20)19-27(34)35;1-19-2-9-24(31-18-19)17-22-12-14-32(15-13-22)26(33)34-25-10-5-21(6-11-25)16-20-3-7-23(8-4-20)27(28,29)30/h1-12,24H,13-19H2,(H,34,35);2-11,18,22H,12-17H2,1H3. The highest BCUT2D eigenvalue weighted by molar-refractivity contribution is 5.71. The highest BCUT2D eigenvalue weighted by atomic mass is 19.4. The van der Waals surface area contributed by atoms with Crippen molar-refractivity contribution in [3.63, 3.8) is 0 Å². The van der Waals surface area contributed by atoms with Crippen molar-refractivity contribution in [2.45, 2.75) is 77.1 Å². The predicted molar refractivity (Wildman–Crippen MR) is 256 cm³/mol. The number of amides is 2. The van der Waals surface area contributed by atoms with E-state index in [-0.39, 0.29) is 12.5 Å². The molecule has 15 heteroatoms. The van der Waals surface area contributed by atoms with Crippen LogP contribution in [0.15, 0.2) is 140 Å². The third kappa shape index (κ3) is 15.9. The Morgan fingerprint density at radius 3 is 1.25 bits per heavy atom. The Hall–Kier alpha value is -7.16. The van der Waals surface area contributed by atoms with Crippen molar-refractivity contribution in [1.82, 2.24) is 14.8 Å². The number of carbonyl (C=O) groups is 3. The zero-order valence-corrected chi connectivity index (χ0v) is 39.2. The number of carboxylic acids is 1. The number of carboxylic acid groups (broad SMARTS) is 1. The molecule has 8 rings (SSSR count). The number of likely N-dealkylation sites (tertiary alicyclic amines) is 2. The van der Waals surface area contributed by atoms with Crippen LogP contribution in [0.1, 0.15) is 81.4 Å². The summed E-state index contributed by atoms with van der Waals surface area (Å²) >= 11 is 0. The number of carbonyl (C=O) groups excluding carboxylic acids is 2. The van der Waals surface area contributed by atoms with Crippen LogP contribution in [-0.4, -0.2) is 64.2 Å². The van der Waals surface area contributed by atoms with Crippen LogP contribution >= 0.6 is 0 Å². The predicted octanol–water partition coefficient (Wildman–Crippen LogP) is 12.8. The SMILES string of the molecule is Cc1ccc(CC2CCN(C(=O)Oc3ccc(Cc4ccc(C(F)(F)F)cc4)cc3)CC2)nc1.O=C(O)Cc1ccc(CC2CCN(C(=O)Oc3ccc(Cc4ccc(C(F)(F)F)cc4)cc3)CC2)cc1. The molecule has 2 fully saturated rings. The van der Waals surface area contributed by atoms with Crippen molar-refractivity contribution in [2.24, 2.45) is 11.8 Å². The molecule has 3 heterocycles. The molecular weight excluding hydrogens is 925 g/mol. The molecule has 5 aromatic carbocycles. The van der Waals surface area contributed by atoms with E-state index in [1.807, 2.05) is 49.5 Å². The second-order valence-corrected chi connectivity index (χ2v) is 18.2. The minimum absolute atomic E-state index is 0.0165. The van der Waals surface area contributed by atoms with Crippen molar-refractivity contribution >= 4 is 18.2 Å². The number of nitrogens with zero attached hydrogens (tertiary/aromatic N) is 3. The summed E-state index contributed by atoms with van der Waals surface area (Å²) in [4.78, 5) is 43.9. The third-order valence-electron chi connectivity index (χ3n) is 12.8. The average molecular weight is 980 g/mol. The molecule has 0 atom stereocenters. The molecule has 1 aromatic heterocycles. The second-order valence-electron chi connectivity index (χ2n) is 18.2. The van der Waals surface area contributed by atoms with Crippen LogP contribution in [0.4, 0.5) is 35.9 Å². The van der Waals surface area contributed by atoms with Crippen LogP contribution in [0.25, 0.3) is 0 Å². The van der Waals surface area contributed by atoms with Gasteiger partial charge in [-0.05, 0) is 164 Å². The van der Waals surface area contributed by atoms with Gasteiger partial charge in [0.2, 0.25) is 0 Å². The molecule has 2 saturated heterocycles. The first-order valence-corrected chi connectivity index (χ1v) is 23.6. The first-order valence-electron chi connectivity index (χ1n) is 23.6. The molecule has 0 radical (unpaired) electrons. The van der Waals surface area contributed by atoms with E-state index in [9.17, 15) is 40.7 Å². The number of hydrogen-bond acceptors (Lipinski definition) is 6. The Morgan fingerprint density at radius 1 is 0.521 bits per heavy atom. The topological polar surface area (TPSA) is 109 Å². The van der Waals surface area contributed by atoms with Crippen molar-refractivity contribution in [3.05, 3.63) is 195 Å². The van der Waals surface area contributed by atoms with Gasteiger partial charge in [-0.1, -0.05) is 78.9 Å². The van der Waals surface area contributed by atoms with Crippen LogP contribution in [0, 0.1) is 18.8 Å².